The third-order valence-electron chi connectivity index (χ3n) is 6.42. The monoisotopic (exact) mass is 568 g/mol. The number of rotatable bonds is 5. The lowest BCUT2D eigenvalue weighted by molar-refractivity contribution is 0.524. The molecule has 1 aliphatic rings. The summed E-state index contributed by atoms with van der Waals surface area (Å²) in [5.41, 5.74) is 2.20. The highest BCUT2D eigenvalue weighted by Gasteiger charge is 2.47. The Kier molecular flexibility index (Phi) is 6.94. The minimum absolute atomic E-state index is 0.129. The van der Waals surface area contributed by atoms with E-state index in [1.165, 1.54) is 22.8 Å². The zero-order valence-corrected chi connectivity index (χ0v) is 22.8. The van der Waals surface area contributed by atoms with Crippen LogP contribution in [0.15, 0.2) is 100 Å². The van der Waals surface area contributed by atoms with Gasteiger partial charge in [-0.2, -0.15) is 0 Å². The van der Waals surface area contributed by atoms with Crippen LogP contribution in [0.2, 0.25) is 10.0 Å². The maximum absolute atomic E-state index is 14.9. The molecule has 1 aliphatic heterocycles. The molecule has 0 N–H and O–H groups in total. The van der Waals surface area contributed by atoms with E-state index in [0.717, 1.165) is 15.9 Å². The predicted molar refractivity (Wildman–Crippen MR) is 150 cm³/mol. The van der Waals surface area contributed by atoms with Gasteiger partial charge in [-0.3, -0.25) is 9.36 Å². The fourth-order valence-electron chi connectivity index (χ4n) is 4.84. The van der Waals surface area contributed by atoms with Gasteiger partial charge in [-0.25, -0.2) is 17.1 Å². The lowest BCUT2D eigenvalue weighted by Gasteiger charge is -2.29. The number of sulfonamides is 1. The number of hydrogen-bond acceptors (Lipinski definition) is 3. The number of allylic oxidation sites excluding steroid dienone is 1. The first-order valence-corrected chi connectivity index (χ1v) is 14.0. The lowest BCUT2D eigenvalue weighted by atomic mass is 9.94. The van der Waals surface area contributed by atoms with Crippen molar-refractivity contribution in [2.24, 2.45) is 0 Å². The number of anilines is 1. The number of hydrogen-bond donors (Lipinski definition) is 0. The zero-order valence-electron chi connectivity index (χ0n) is 20.5. The van der Waals surface area contributed by atoms with Gasteiger partial charge in [0.05, 0.1) is 12.1 Å². The van der Waals surface area contributed by atoms with Crippen molar-refractivity contribution in [2.45, 2.75) is 30.8 Å². The molecule has 2 heterocycles. The van der Waals surface area contributed by atoms with Crippen molar-refractivity contribution >= 4 is 45.1 Å². The third-order valence-corrected chi connectivity index (χ3v) is 8.74. The van der Waals surface area contributed by atoms with Gasteiger partial charge in [0.15, 0.2) is 0 Å². The van der Waals surface area contributed by atoms with E-state index in [2.05, 4.69) is 0 Å². The largest absolute Gasteiger partial charge is 0.283 e. The van der Waals surface area contributed by atoms with Gasteiger partial charge in [0, 0.05) is 15.6 Å². The zero-order chi connectivity index (χ0) is 27.2. The Morgan fingerprint density at radius 2 is 1.37 bits per heavy atom. The van der Waals surface area contributed by atoms with Crippen LogP contribution in [0.3, 0.4) is 0 Å². The van der Waals surface area contributed by atoms with Gasteiger partial charge >= 0.3 is 0 Å². The summed E-state index contributed by atoms with van der Waals surface area (Å²) in [5, 5.41) is 0.968. The highest BCUT2D eigenvalue weighted by atomic mass is 35.5. The molecule has 9 heteroatoms. The molecule has 5 rings (SSSR count). The van der Waals surface area contributed by atoms with Crippen LogP contribution in [0.25, 0.3) is 6.08 Å². The summed E-state index contributed by atoms with van der Waals surface area (Å²) < 4.78 is 45.9. The van der Waals surface area contributed by atoms with E-state index >= 15 is 0 Å². The normalized spacial score (nSPS) is 16.8. The molecular weight excluding hydrogens is 546 g/mol. The summed E-state index contributed by atoms with van der Waals surface area (Å²) in [4.78, 5) is 13.4. The van der Waals surface area contributed by atoms with Crippen molar-refractivity contribution in [1.82, 2.24) is 4.57 Å². The lowest BCUT2D eigenvalue weighted by Crippen LogP contribution is -2.34. The average molecular weight is 569 g/mol. The number of pyridine rings is 1. The first kappa shape index (κ1) is 26.2. The number of nitrogens with zero attached hydrogens (tertiary/aromatic N) is 2. The van der Waals surface area contributed by atoms with Crippen LogP contribution in [-0.2, 0) is 10.0 Å². The molecule has 4 aromatic rings. The summed E-state index contributed by atoms with van der Waals surface area (Å²) in [6.45, 7) is 3.75. The Balaban J connectivity index is 1.87. The Bertz CT molecular complexity index is 1710. The molecule has 2 atom stereocenters. The van der Waals surface area contributed by atoms with Gasteiger partial charge in [0.2, 0.25) is 0 Å². The van der Waals surface area contributed by atoms with E-state index in [-0.39, 0.29) is 11.4 Å². The SMILES string of the molecule is CC(C)=Cc1ccc2n(c1=O)[C@H](c1ccc(Cl)cc1)[C@H](c1ccc(Cl)cc1)N2S(=O)(=O)c1ccccc1F. The summed E-state index contributed by atoms with van der Waals surface area (Å²) in [7, 11) is -4.47. The van der Waals surface area contributed by atoms with Crippen LogP contribution in [0.1, 0.15) is 42.6 Å². The summed E-state index contributed by atoms with van der Waals surface area (Å²) in [6, 6.07) is 20.3. The molecule has 0 radical (unpaired) electrons. The molecule has 1 aromatic heterocycles. The van der Waals surface area contributed by atoms with Crippen LogP contribution < -0.4 is 9.86 Å². The highest BCUT2D eigenvalue weighted by molar-refractivity contribution is 7.92. The van der Waals surface area contributed by atoms with Gasteiger partial charge in [-0.05, 0) is 73.5 Å². The molecule has 38 heavy (non-hydrogen) atoms. The molecule has 0 amide bonds. The maximum Gasteiger partial charge on any atom is 0.269 e. The second-order valence-electron chi connectivity index (χ2n) is 9.27. The molecule has 0 saturated carbocycles. The number of halogens is 3. The Hall–Kier alpha value is -3.39. The smallest absolute Gasteiger partial charge is 0.269 e. The van der Waals surface area contributed by atoms with Crippen molar-refractivity contribution in [1.29, 1.82) is 0 Å². The molecule has 3 aromatic carbocycles. The minimum atomic E-state index is -4.47. The van der Waals surface area contributed by atoms with Crippen LogP contribution >= 0.6 is 23.2 Å². The van der Waals surface area contributed by atoms with Gasteiger partial charge in [0.1, 0.15) is 16.5 Å². The van der Waals surface area contributed by atoms with Crippen LogP contribution in [0.4, 0.5) is 10.2 Å². The predicted octanol–water partition coefficient (Wildman–Crippen LogP) is 7.26. The second kappa shape index (κ2) is 10.1. The highest BCUT2D eigenvalue weighted by Crippen LogP contribution is 2.49. The molecule has 0 unspecified atom stereocenters. The van der Waals surface area contributed by atoms with E-state index in [1.54, 1.807) is 66.7 Å². The maximum atomic E-state index is 14.9. The minimum Gasteiger partial charge on any atom is -0.283 e. The van der Waals surface area contributed by atoms with Gasteiger partial charge in [-0.1, -0.05) is 71.2 Å². The van der Waals surface area contributed by atoms with Crippen molar-refractivity contribution in [3.8, 4) is 0 Å². The molecule has 5 nitrogen and oxygen atoms in total. The van der Waals surface area contributed by atoms with E-state index in [0.29, 0.717) is 26.7 Å². The third kappa shape index (κ3) is 4.55. The Labute approximate surface area is 230 Å². The topological polar surface area (TPSA) is 59.4 Å². The van der Waals surface area contributed by atoms with Gasteiger partial charge in [0.25, 0.3) is 15.6 Å². The van der Waals surface area contributed by atoms with Crippen LogP contribution in [-0.4, -0.2) is 13.0 Å². The van der Waals surface area contributed by atoms with Crippen molar-refractivity contribution < 1.29 is 12.8 Å². The standard InChI is InChI=1S/C29H23Cl2FN2O3S/c1-18(2)17-21-11-16-26-33(29(21)35)27(19-7-12-22(30)13-8-19)28(20-9-14-23(31)15-10-20)34(26)38(36,37)25-6-4-3-5-24(25)32/h3-17,27-28H,1-2H3/t27-,28+/m1/s1. The molecule has 0 bridgehead atoms. The Morgan fingerprint density at radius 3 is 1.92 bits per heavy atom. The summed E-state index contributed by atoms with van der Waals surface area (Å²) in [5.74, 6) is -0.753. The molecule has 194 valence electrons. The molecular formula is C29H23Cl2FN2O3S. The fourth-order valence-corrected chi connectivity index (χ4v) is 6.80. The van der Waals surface area contributed by atoms with Crippen LogP contribution in [0, 0.1) is 5.82 Å². The Morgan fingerprint density at radius 1 is 0.816 bits per heavy atom. The first-order valence-electron chi connectivity index (χ1n) is 11.8. The number of fused-ring (bicyclic) bond motifs is 1. The van der Waals surface area contributed by atoms with Gasteiger partial charge in [-0.15, -0.1) is 0 Å². The second-order valence-corrected chi connectivity index (χ2v) is 11.9. The average Bonchev–Trinajstić information content (AvgIpc) is 3.23. The summed E-state index contributed by atoms with van der Waals surface area (Å²) >= 11 is 12.3. The number of aromatic nitrogens is 1. The van der Waals surface area contributed by atoms with Crippen LogP contribution in [0.5, 0.6) is 0 Å². The number of benzene rings is 3. The molecule has 0 saturated heterocycles. The van der Waals surface area contributed by atoms with Crippen molar-refractivity contribution in [3.05, 3.63) is 133 Å². The fraction of sp³-hybridized carbons (Fsp3) is 0.138. The first-order chi connectivity index (χ1) is 18.1. The quantitative estimate of drug-likeness (QED) is 0.254. The van der Waals surface area contributed by atoms with E-state index < -0.39 is 32.8 Å². The van der Waals surface area contributed by atoms with E-state index in [9.17, 15) is 17.6 Å². The molecule has 0 aliphatic carbocycles. The summed E-state index contributed by atoms with van der Waals surface area (Å²) in [6.07, 6.45) is 1.75. The van der Waals surface area contributed by atoms with Crippen molar-refractivity contribution in [3.63, 3.8) is 0 Å². The molecule has 0 fully saturated rings. The molecule has 0 spiro atoms. The van der Waals surface area contributed by atoms with Gasteiger partial charge < -0.3 is 0 Å². The van der Waals surface area contributed by atoms with E-state index in [4.69, 9.17) is 23.2 Å². The van der Waals surface area contributed by atoms with E-state index in [1.807, 2.05) is 13.8 Å². The van der Waals surface area contributed by atoms with Crippen molar-refractivity contribution in [2.75, 3.05) is 4.31 Å².